The second-order valence-corrected chi connectivity index (χ2v) is 5.06. The average molecular weight is 301 g/mol. The number of pyridine rings is 1. The molecular weight excluding hydrogens is 280 g/mol. The molecule has 0 unspecified atom stereocenters. The first-order chi connectivity index (χ1) is 10.6. The van der Waals surface area contributed by atoms with Gasteiger partial charge >= 0.3 is 0 Å². The van der Waals surface area contributed by atoms with Crippen LogP contribution in [-0.2, 0) is 6.42 Å². The molecule has 0 saturated heterocycles. The first kappa shape index (κ1) is 15.9. The number of nitrogens with zero attached hydrogens (tertiary/aromatic N) is 2. The van der Waals surface area contributed by atoms with Crippen LogP contribution in [0.2, 0.25) is 0 Å². The zero-order valence-corrected chi connectivity index (χ0v) is 13.1. The number of aromatic nitrogens is 1. The molecule has 2 N–H and O–H groups in total. The zero-order valence-electron chi connectivity index (χ0n) is 13.1. The number of methoxy groups -OCH3 is 1. The quantitative estimate of drug-likeness (QED) is 0.856. The summed E-state index contributed by atoms with van der Waals surface area (Å²) >= 11 is 0. The molecule has 2 aromatic rings. The van der Waals surface area contributed by atoms with Crippen LogP contribution in [0, 0.1) is 6.07 Å². The van der Waals surface area contributed by atoms with Crippen molar-refractivity contribution in [1.82, 2.24) is 4.98 Å². The van der Waals surface area contributed by atoms with Crippen LogP contribution >= 0.6 is 0 Å². The van der Waals surface area contributed by atoms with Gasteiger partial charge in [-0.3, -0.25) is 0 Å². The van der Waals surface area contributed by atoms with Crippen LogP contribution in [-0.4, -0.2) is 29.4 Å². The van der Waals surface area contributed by atoms with E-state index < -0.39 is 0 Å². The predicted molar refractivity (Wildman–Crippen MR) is 86.1 cm³/mol. The summed E-state index contributed by atoms with van der Waals surface area (Å²) in [7, 11) is 3.46. The van der Waals surface area contributed by atoms with E-state index >= 15 is 0 Å². The number of aromatic hydroxyl groups is 2. The molecule has 5 nitrogen and oxygen atoms in total. The third kappa shape index (κ3) is 3.42. The maximum Gasteiger partial charge on any atom is 0.223 e. The van der Waals surface area contributed by atoms with Crippen molar-refractivity contribution in [2.45, 2.75) is 26.2 Å². The Bertz CT molecular complexity index is 627. The van der Waals surface area contributed by atoms with Gasteiger partial charge in [-0.2, -0.15) is 0 Å². The number of hydrogen-bond acceptors (Lipinski definition) is 5. The summed E-state index contributed by atoms with van der Waals surface area (Å²) in [6, 6.07) is 9.96. The number of benzene rings is 1. The number of ether oxygens (including phenoxy) is 1. The second-order valence-electron chi connectivity index (χ2n) is 5.06. The second kappa shape index (κ2) is 7.02. The monoisotopic (exact) mass is 301 g/mol. The molecule has 22 heavy (non-hydrogen) atoms. The summed E-state index contributed by atoms with van der Waals surface area (Å²) in [5.41, 5.74) is 2.11. The lowest BCUT2D eigenvalue weighted by molar-refractivity contribution is 0.415. The van der Waals surface area contributed by atoms with Gasteiger partial charge in [-0.25, -0.2) is 4.98 Å². The van der Waals surface area contributed by atoms with Gasteiger partial charge in [0.15, 0.2) is 5.75 Å². The Morgan fingerprint density at radius 2 is 1.91 bits per heavy atom. The minimum absolute atomic E-state index is 0.100. The molecule has 1 radical (unpaired) electrons. The van der Waals surface area contributed by atoms with Crippen molar-refractivity contribution >= 4 is 11.4 Å². The number of rotatable bonds is 6. The Balaban J connectivity index is 2.40. The molecule has 1 aromatic heterocycles. The van der Waals surface area contributed by atoms with Gasteiger partial charge in [-0.05, 0) is 37.1 Å². The number of anilines is 2. The highest BCUT2D eigenvalue weighted by molar-refractivity contribution is 5.71. The molecule has 0 spiro atoms. The summed E-state index contributed by atoms with van der Waals surface area (Å²) < 4.78 is 5.15. The number of hydrogen-bond donors (Lipinski definition) is 2. The largest absolute Gasteiger partial charge is 0.505 e. The summed E-state index contributed by atoms with van der Waals surface area (Å²) in [6.07, 6.45) is 2.62. The van der Waals surface area contributed by atoms with Gasteiger partial charge in [-0.1, -0.05) is 13.3 Å². The topological polar surface area (TPSA) is 65.8 Å². The lowest BCUT2D eigenvalue weighted by Crippen LogP contribution is -2.13. The van der Waals surface area contributed by atoms with E-state index in [1.165, 1.54) is 0 Å². The van der Waals surface area contributed by atoms with Crippen molar-refractivity contribution < 1.29 is 14.9 Å². The van der Waals surface area contributed by atoms with Crippen molar-refractivity contribution in [2.75, 3.05) is 19.1 Å². The molecule has 5 heteroatoms. The van der Waals surface area contributed by atoms with Crippen molar-refractivity contribution in [3.8, 4) is 17.4 Å². The first-order valence-electron chi connectivity index (χ1n) is 7.28. The summed E-state index contributed by atoms with van der Waals surface area (Å²) in [4.78, 5) is 5.96. The standard InChI is InChI=1S/C17H21N2O3/c1-4-5-6-14-17(15(20)11-16(21)18-14)19(2)12-7-9-13(22-3)10-8-12/h7-10H,4-6H2,1-3H3,(H2,18,20,21). The molecule has 0 aliphatic rings. The maximum atomic E-state index is 10.2. The van der Waals surface area contributed by atoms with Gasteiger partial charge in [-0.15, -0.1) is 0 Å². The first-order valence-corrected chi connectivity index (χ1v) is 7.28. The van der Waals surface area contributed by atoms with E-state index in [2.05, 4.69) is 18.0 Å². The van der Waals surface area contributed by atoms with Gasteiger partial charge in [0.25, 0.3) is 0 Å². The van der Waals surface area contributed by atoms with E-state index in [4.69, 9.17) is 4.74 Å². The van der Waals surface area contributed by atoms with Gasteiger partial charge in [0.05, 0.1) is 18.9 Å². The minimum atomic E-state index is -0.282. The smallest absolute Gasteiger partial charge is 0.223 e. The molecule has 0 fully saturated rings. The Morgan fingerprint density at radius 3 is 2.50 bits per heavy atom. The maximum absolute atomic E-state index is 10.2. The van der Waals surface area contributed by atoms with E-state index in [-0.39, 0.29) is 11.6 Å². The van der Waals surface area contributed by atoms with Crippen LogP contribution in [0.15, 0.2) is 24.3 Å². The highest BCUT2D eigenvalue weighted by atomic mass is 16.5. The SMILES string of the molecule is CCCCc1nc(O)[c]c(O)c1N(C)c1ccc(OC)cc1. The Labute approximate surface area is 130 Å². The molecule has 2 rings (SSSR count). The van der Waals surface area contributed by atoms with Gasteiger partial charge in [0, 0.05) is 12.7 Å². The normalized spacial score (nSPS) is 10.5. The molecule has 0 aliphatic carbocycles. The van der Waals surface area contributed by atoms with Crippen molar-refractivity contribution in [2.24, 2.45) is 0 Å². The van der Waals surface area contributed by atoms with Crippen LogP contribution in [0.25, 0.3) is 0 Å². The lowest BCUT2D eigenvalue weighted by atomic mass is 10.1. The van der Waals surface area contributed by atoms with E-state index in [9.17, 15) is 10.2 Å². The molecule has 0 atom stereocenters. The summed E-state index contributed by atoms with van der Waals surface area (Å²) in [5.74, 6) is 0.385. The molecule has 0 amide bonds. The van der Waals surface area contributed by atoms with Crippen LogP contribution < -0.4 is 9.64 Å². The van der Waals surface area contributed by atoms with E-state index in [1.807, 2.05) is 36.2 Å². The summed E-state index contributed by atoms with van der Waals surface area (Å²) in [5, 5.41) is 19.8. The third-order valence-corrected chi connectivity index (χ3v) is 3.53. The molecule has 117 valence electrons. The molecule has 1 heterocycles. The van der Waals surface area contributed by atoms with Crippen LogP contribution in [0.4, 0.5) is 11.4 Å². The van der Waals surface area contributed by atoms with Gasteiger partial charge in [0.1, 0.15) is 11.4 Å². The number of unbranched alkanes of at least 4 members (excludes halogenated alkanes) is 1. The molecular formula is C17H21N2O3. The fraction of sp³-hybridized carbons (Fsp3) is 0.353. The molecule has 0 aliphatic heterocycles. The highest BCUT2D eigenvalue weighted by Gasteiger charge is 2.17. The molecule has 0 saturated carbocycles. The van der Waals surface area contributed by atoms with Crippen LogP contribution in [0.3, 0.4) is 0 Å². The third-order valence-electron chi connectivity index (χ3n) is 3.53. The Kier molecular flexibility index (Phi) is 5.09. The van der Waals surface area contributed by atoms with Crippen molar-refractivity contribution in [3.05, 3.63) is 36.0 Å². The van der Waals surface area contributed by atoms with E-state index in [0.29, 0.717) is 17.8 Å². The predicted octanol–water partition coefficient (Wildman–Crippen LogP) is 3.41. The average Bonchev–Trinajstić information content (AvgIpc) is 2.52. The zero-order chi connectivity index (χ0) is 16.1. The van der Waals surface area contributed by atoms with Crippen molar-refractivity contribution in [1.29, 1.82) is 0 Å². The van der Waals surface area contributed by atoms with Crippen LogP contribution in [0.5, 0.6) is 17.4 Å². The minimum Gasteiger partial charge on any atom is -0.505 e. The Hall–Kier alpha value is -2.43. The highest BCUT2D eigenvalue weighted by Crippen LogP contribution is 2.37. The van der Waals surface area contributed by atoms with Crippen molar-refractivity contribution in [3.63, 3.8) is 0 Å². The van der Waals surface area contributed by atoms with E-state index in [0.717, 1.165) is 24.3 Å². The molecule has 1 aromatic carbocycles. The van der Waals surface area contributed by atoms with Crippen LogP contribution in [0.1, 0.15) is 25.5 Å². The lowest BCUT2D eigenvalue weighted by Gasteiger charge is -2.23. The van der Waals surface area contributed by atoms with E-state index in [1.54, 1.807) is 7.11 Å². The number of aryl methyl sites for hydroxylation is 1. The fourth-order valence-corrected chi connectivity index (χ4v) is 2.32. The Morgan fingerprint density at radius 1 is 1.23 bits per heavy atom. The van der Waals surface area contributed by atoms with Gasteiger partial charge in [0.2, 0.25) is 5.88 Å². The fourth-order valence-electron chi connectivity index (χ4n) is 2.32. The molecule has 0 bridgehead atoms. The summed E-state index contributed by atoms with van der Waals surface area (Å²) in [6.45, 7) is 2.08. The van der Waals surface area contributed by atoms with Gasteiger partial charge < -0.3 is 19.8 Å².